The highest BCUT2D eigenvalue weighted by Crippen LogP contribution is 2.23. The first kappa shape index (κ1) is 14.4. The first-order valence-electron chi connectivity index (χ1n) is 7.17. The molecule has 1 saturated heterocycles. The van der Waals surface area contributed by atoms with Crippen molar-refractivity contribution in [3.05, 3.63) is 36.5 Å². The van der Waals surface area contributed by atoms with Gasteiger partial charge in [-0.3, -0.25) is 4.79 Å². The minimum atomic E-state index is -0.756. The standard InChI is InChI=1S/C15H17N3O4/c19-15(20)11-3-1-5-18(8-11)13-7-14(17-10-16-13)22-9-12-4-2-6-21-12/h2,4,6-7,10-11H,1,3,5,8-9H2,(H,19,20). The molecule has 2 aromatic rings. The van der Waals surface area contributed by atoms with E-state index in [-0.39, 0.29) is 5.92 Å². The minimum Gasteiger partial charge on any atom is -0.481 e. The van der Waals surface area contributed by atoms with Gasteiger partial charge >= 0.3 is 5.97 Å². The van der Waals surface area contributed by atoms with Crippen molar-refractivity contribution in [2.45, 2.75) is 19.4 Å². The summed E-state index contributed by atoms with van der Waals surface area (Å²) in [4.78, 5) is 21.4. The SMILES string of the molecule is O=C(O)C1CCCN(c2cc(OCc3ccco3)ncn2)C1. The predicted molar refractivity (Wildman–Crippen MR) is 77.6 cm³/mol. The predicted octanol–water partition coefficient (Wildman–Crippen LogP) is 1.95. The minimum absolute atomic E-state index is 0.293. The van der Waals surface area contributed by atoms with Gasteiger partial charge in [0.1, 0.15) is 24.5 Å². The number of anilines is 1. The van der Waals surface area contributed by atoms with Gasteiger partial charge in [-0.2, -0.15) is 0 Å². The molecule has 1 atom stereocenters. The number of nitrogens with zero attached hydrogens (tertiary/aromatic N) is 3. The van der Waals surface area contributed by atoms with E-state index in [0.29, 0.717) is 37.0 Å². The van der Waals surface area contributed by atoms with Crippen molar-refractivity contribution in [3.8, 4) is 5.88 Å². The van der Waals surface area contributed by atoms with E-state index >= 15 is 0 Å². The van der Waals surface area contributed by atoms with Crippen molar-refractivity contribution in [2.75, 3.05) is 18.0 Å². The topological polar surface area (TPSA) is 88.7 Å². The zero-order valence-corrected chi connectivity index (χ0v) is 12.0. The number of carbonyl (C=O) groups is 1. The lowest BCUT2D eigenvalue weighted by Crippen LogP contribution is -2.39. The highest BCUT2D eigenvalue weighted by molar-refractivity contribution is 5.71. The normalized spacial score (nSPS) is 18.2. The molecule has 0 spiro atoms. The van der Waals surface area contributed by atoms with E-state index in [9.17, 15) is 4.79 Å². The summed E-state index contributed by atoms with van der Waals surface area (Å²) < 4.78 is 10.8. The third-order valence-corrected chi connectivity index (χ3v) is 3.66. The summed E-state index contributed by atoms with van der Waals surface area (Å²) in [5.41, 5.74) is 0. The van der Waals surface area contributed by atoms with Crippen molar-refractivity contribution >= 4 is 11.8 Å². The van der Waals surface area contributed by atoms with Gasteiger partial charge in [0.2, 0.25) is 5.88 Å². The molecule has 0 aliphatic carbocycles. The first-order valence-corrected chi connectivity index (χ1v) is 7.17. The van der Waals surface area contributed by atoms with Gasteiger partial charge in [0.25, 0.3) is 0 Å². The Labute approximate surface area is 127 Å². The van der Waals surface area contributed by atoms with E-state index in [2.05, 4.69) is 9.97 Å². The van der Waals surface area contributed by atoms with Gasteiger partial charge in [-0.25, -0.2) is 9.97 Å². The number of rotatable bonds is 5. The molecule has 0 saturated carbocycles. The van der Waals surface area contributed by atoms with Crippen LogP contribution >= 0.6 is 0 Å². The van der Waals surface area contributed by atoms with E-state index in [0.717, 1.165) is 13.0 Å². The van der Waals surface area contributed by atoms with Crippen LogP contribution in [0, 0.1) is 5.92 Å². The monoisotopic (exact) mass is 303 g/mol. The molecule has 1 aliphatic heterocycles. The second-order valence-corrected chi connectivity index (χ2v) is 5.21. The number of aromatic nitrogens is 2. The zero-order chi connectivity index (χ0) is 15.4. The summed E-state index contributed by atoms with van der Waals surface area (Å²) in [5.74, 6) is 0.738. The summed E-state index contributed by atoms with van der Waals surface area (Å²) in [6.07, 6.45) is 4.56. The number of furan rings is 1. The molecule has 0 aromatic carbocycles. The molecule has 7 heteroatoms. The fourth-order valence-electron chi connectivity index (χ4n) is 2.51. The van der Waals surface area contributed by atoms with Crippen molar-refractivity contribution in [1.29, 1.82) is 0 Å². The van der Waals surface area contributed by atoms with Gasteiger partial charge < -0.3 is 19.2 Å². The molecule has 0 radical (unpaired) electrons. The maximum absolute atomic E-state index is 11.1. The lowest BCUT2D eigenvalue weighted by molar-refractivity contribution is -0.141. The molecule has 22 heavy (non-hydrogen) atoms. The Morgan fingerprint density at radius 1 is 1.50 bits per heavy atom. The van der Waals surface area contributed by atoms with Crippen molar-refractivity contribution in [3.63, 3.8) is 0 Å². The fraction of sp³-hybridized carbons (Fsp3) is 0.400. The molecule has 1 fully saturated rings. The third kappa shape index (κ3) is 3.36. The zero-order valence-electron chi connectivity index (χ0n) is 12.0. The molecule has 0 amide bonds. The smallest absolute Gasteiger partial charge is 0.308 e. The molecular formula is C15H17N3O4. The van der Waals surface area contributed by atoms with Crippen LogP contribution in [0.1, 0.15) is 18.6 Å². The molecular weight excluding hydrogens is 286 g/mol. The summed E-state index contributed by atoms with van der Waals surface area (Å²) in [6.45, 7) is 1.55. The van der Waals surface area contributed by atoms with Crippen LogP contribution < -0.4 is 9.64 Å². The average molecular weight is 303 g/mol. The molecule has 1 N–H and O–H groups in total. The van der Waals surface area contributed by atoms with Crippen molar-refractivity contribution in [1.82, 2.24) is 9.97 Å². The summed E-state index contributed by atoms with van der Waals surface area (Å²) in [5, 5.41) is 9.15. The van der Waals surface area contributed by atoms with Crippen LogP contribution in [0.15, 0.2) is 35.2 Å². The second-order valence-electron chi connectivity index (χ2n) is 5.21. The number of piperidine rings is 1. The van der Waals surface area contributed by atoms with Crippen LogP contribution in [0.5, 0.6) is 5.88 Å². The highest BCUT2D eigenvalue weighted by atomic mass is 16.5. The van der Waals surface area contributed by atoms with E-state index in [1.54, 1.807) is 18.4 Å². The third-order valence-electron chi connectivity index (χ3n) is 3.66. The van der Waals surface area contributed by atoms with Gasteiger partial charge in [-0.15, -0.1) is 0 Å². The van der Waals surface area contributed by atoms with Gasteiger partial charge in [-0.05, 0) is 25.0 Å². The molecule has 3 heterocycles. The van der Waals surface area contributed by atoms with E-state index in [1.165, 1.54) is 6.33 Å². The Hall–Kier alpha value is -2.57. The fourth-order valence-corrected chi connectivity index (χ4v) is 2.51. The quantitative estimate of drug-likeness (QED) is 0.903. The van der Waals surface area contributed by atoms with E-state index < -0.39 is 5.97 Å². The van der Waals surface area contributed by atoms with Gasteiger partial charge in [0.15, 0.2) is 0 Å². The van der Waals surface area contributed by atoms with E-state index in [1.807, 2.05) is 11.0 Å². The Kier molecular flexibility index (Phi) is 4.22. The van der Waals surface area contributed by atoms with Gasteiger partial charge in [0, 0.05) is 19.2 Å². The van der Waals surface area contributed by atoms with E-state index in [4.69, 9.17) is 14.3 Å². The molecule has 7 nitrogen and oxygen atoms in total. The average Bonchev–Trinajstić information content (AvgIpc) is 3.07. The summed E-state index contributed by atoms with van der Waals surface area (Å²) >= 11 is 0. The first-order chi connectivity index (χ1) is 10.7. The van der Waals surface area contributed by atoms with Gasteiger partial charge in [0.05, 0.1) is 12.2 Å². The number of aliphatic carboxylic acids is 1. The van der Waals surface area contributed by atoms with Crippen molar-refractivity contribution in [2.24, 2.45) is 5.92 Å². The van der Waals surface area contributed by atoms with Crippen molar-refractivity contribution < 1.29 is 19.1 Å². The number of ether oxygens (including phenoxy) is 1. The largest absolute Gasteiger partial charge is 0.481 e. The Bertz CT molecular complexity index is 629. The highest BCUT2D eigenvalue weighted by Gasteiger charge is 2.26. The molecule has 3 rings (SSSR count). The van der Waals surface area contributed by atoms with Crippen LogP contribution in [0.4, 0.5) is 5.82 Å². The second kappa shape index (κ2) is 6.46. The van der Waals surface area contributed by atoms with Crippen LogP contribution in [-0.2, 0) is 11.4 Å². The Morgan fingerprint density at radius 3 is 3.18 bits per heavy atom. The molecule has 1 unspecified atom stereocenters. The summed E-state index contributed by atoms with van der Waals surface area (Å²) in [7, 11) is 0. The Balaban J connectivity index is 1.66. The Morgan fingerprint density at radius 2 is 2.41 bits per heavy atom. The molecule has 1 aliphatic rings. The number of hydrogen-bond donors (Lipinski definition) is 1. The van der Waals surface area contributed by atoms with Crippen LogP contribution in [-0.4, -0.2) is 34.1 Å². The number of carboxylic acids is 1. The molecule has 0 bridgehead atoms. The summed E-state index contributed by atoms with van der Waals surface area (Å²) in [6, 6.07) is 5.35. The number of carboxylic acid groups (broad SMARTS) is 1. The number of hydrogen-bond acceptors (Lipinski definition) is 6. The molecule has 116 valence electrons. The maximum Gasteiger partial charge on any atom is 0.308 e. The van der Waals surface area contributed by atoms with Crippen LogP contribution in [0.2, 0.25) is 0 Å². The van der Waals surface area contributed by atoms with Gasteiger partial charge in [-0.1, -0.05) is 0 Å². The van der Waals surface area contributed by atoms with Crippen LogP contribution in [0.3, 0.4) is 0 Å². The lowest BCUT2D eigenvalue weighted by Gasteiger charge is -2.31. The lowest BCUT2D eigenvalue weighted by atomic mass is 9.98. The maximum atomic E-state index is 11.1. The van der Waals surface area contributed by atoms with Crippen LogP contribution in [0.25, 0.3) is 0 Å². The molecule has 2 aromatic heterocycles.